The highest BCUT2D eigenvalue weighted by Crippen LogP contribution is 2.24. The number of ether oxygens (including phenoxy) is 1. The minimum Gasteiger partial charge on any atom is -0.475 e. The number of nitrogens with one attached hydrogen (secondary N) is 2. The van der Waals surface area contributed by atoms with Crippen molar-refractivity contribution in [1.29, 1.82) is 0 Å². The van der Waals surface area contributed by atoms with Crippen molar-refractivity contribution >= 4 is 29.1 Å². The SMILES string of the molecule is O=C(NCCOc1ncc(Cl)cc1Cl)C1CC(O)CN1. The Morgan fingerprint density at radius 3 is 3.05 bits per heavy atom. The van der Waals surface area contributed by atoms with E-state index in [9.17, 15) is 9.90 Å². The first-order valence-corrected chi connectivity index (χ1v) is 6.95. The van der Waals surface area contributed by atoms with Gasteiger partial charge in [0, 0.05) is 12.7 Å². The molecule has 2 atom stereocenters. The number of aromatic nitrogens is 1. The smallest absolute Gasteiger partial charge is 0.237 e. The van der Waals surface area contributed by atoms with E-state index in [-0.39, 0.29) is 24.4 Å². The van der Waals surface area contributed by atoms with Crippen LogP contribution < -0.4 is 15.4 Å². The van der Waals surface area contributed by atoms with Crippen LogP contribution >= 0.6 is 23.2 Å². The Labute approximate surface area is 126 Å². The highest BCUT2D eigenvalue weighted by Gasteiger charge is 2.27. The van der Waals surface area contributed by atoms with Crippen LogP contribution in [0.4, 0.5) is 0 Å². The van der Waals surface area contributed by atoms with Gasteiger partial charge >= 0.3 is 0 Å². The van der Waals surface area contributed by atoms with Crippen LogP contribution in [0, 0.1) is 0 Å². The van der Waals surface area contributed by atoms with Gasteiger partial charge in [0.1, 0.15) is 11.6 Å². The topological polar surface area (TPSA) is 83.5 Å². The van der Waals surface area contributed by atoms with Crippen molar-refractivity contribution in [2.45, 2.75) is 18.6 Å². The van der Waals surface area contributed by atoms with Crippen molar-refractivity contribution in [1.82, 2.24) is 15.6 Å². The van der Waals surface area contributed by atoms with Crippen LogP contribution in [-0.4, -0.2) is 47.8 Å². The van der Waals surface area contributed by atoms with Crippen molar-refractivity contribution in [2.75, 3.05) is 19.7 Å². The number of β-amino-alcohol motifs (C(OH)–C–C–N with tert-alkyl or cyclic N) is 1. The molecule has 110 valence electrons. The fourth-order valence-corrected chi connectivity index (χ4v) is 2.30. The van der Waals surface area contributed by atoms with E-state index in [1.54, 1.807) is 0 Å². The summed E-state index contributed by atoms with van der Waals surface area (Å²) >= 11 is 11.6. The van der Waals surface area contributed by atoms with Crippen LogP contribution in [0.15, 0.2) is 12.3 Å². The summed E-state index contributed by atoms with van der Waals surface area (Å²) in [6.07, 6.45) is 1.40. The Balaban J connectivity index is 1.70. The number of carbonyl (C=O) groups excluding carboxylic acids is 1. The molecule has 1 aromatic rings. The van der Waals surface area contributed by atoms with Crippen LogP contribution in [0.3, 0.4) is 0 Å². The zero-order valence-electron chi connectivity index (χ0n) is 10.6. The molecule has 3 N–H and O–H groups in total. The number of hydrogen-bond acceptors (Lipinski definition) is 5. The number of halogens is 2. The number of pyridine rings is 1. The highest BCUT2D eigenvalue weighted by atomic mass is 35.5. The molecule has 2 heterocycles. The van der Waals surface area contributed by atoms with E-state index in [0.717, 1.165) is 0 Å². The van der Waals surface area contributed by atoms with E-state index < -0.39 is 6.10 Å². The normalized spacial score (nSPS) is 21.8. The molecule has 0 radical (unpaired) electrons. The Kier molecular flexibility index (Phi) is 5.42. The Morgan fingerprint density at radius 1 is 1.60 bits per heavy atom. The van der Waals surface area contributed by atoms with Gasteiger partial charge in [0.2, 0.25) is 11.8 Å². The second-order valence-electron chi connectivity index (χ2n) is 4.43. The van der Waals surface area contributed by atoms with Crippen LogP contribution in [0.5, 0.6) is 5.88 Å². The summed E-state index contributed by atoms with van der Waals surface area (Å²) in [5.41, 5.74) is 0. The molecule has 1 aliphatic heterocycles. The van der Waals surface area contributed by atoms with Gasteiger partial charge in [0.05, 0.1) is 23.7 Å². The van der Waals surface area contributed by atoms with E-state index >= 15 is 0 Å². The van der Waals surface area contributed by atoms with Gasteiger partial charge in [-0.25, -0.2) is 4.98 Å². The molecule has 0 aliphatic carbocycles. The van der Waals surface area contributed by atoms with Gasteiger partial charge in [-0.3, -0.25) is 4.79 Å². The minimum absolute atomic E-state index is 0.152. The molecule has 6 nitrogen and oxygen atoms in total. The molecule has 1 saturated heterocycles. The van der Waals surface area contributed by atoms with Gasteiger partial charge in [-0.05, 0) is 12.5 Å². The monoisotopic (exact) mass is 319 g/mol. The molecular formula is C12H15Cl2N3O3. The molecule has 1 aromatic heterocycles. The third kappa shape index (κ3) is 4.21. The van der Waals surface area contributed by atoms with Crippen molar-refractivity contribution in [2.24, 2.45) is 0 Å². The maximum absolute atomic E-state index is 11.7. The maximum Gasteiger partial charge on any atom is 0.237 e. The fourth-order valence-electron chi connectivity index (χ4n) is 1.87. The zero-order valence-corrected chi connectivity index (χ0v) is 12.1. The third-order valence-corrected chi connectivity index (χ3v) is 3.32. The molecule has 20 heavy (non-hydrogen) atoms. The average Bonchev–Trinajstić information content (AvgIpc) is 2.83. The molecule has 1 fully saturated rings. The number of hydrogen-bond donors (Lipinski definition) is 3. The Morgan fingerprint density at radius 2 is 2.40 bits per heavy atom. The number of aliphatic hydroxyl groups excluding tert-OH is 1. The molecule has 0 bridgehead atoms. The lowest BCUT2D eigenvalue weighted by molar-refractivity contribution is -0.123. The van der Waals surface area contributed by atoms with Gasteiger partial charge in [-0.15, -0.1) is 0 Å². The van der Waals surface area contributed by atoms with Crippen LogP contribution in [0.2, 0.25) is 10.0 Å². The number of rotatable bonds is 5. The molecule has 1 aliphatic rings. The molecule has 1 amide bonds. The van der Waals surface area contributed by atoms with Gasteiger partial charge in [-0.1, -0.05) is 23.2 Å². The molecule has 8 heteroatoms. The van der Waals surface area contributed by atoms with Crippen molar-refractivity contribution in [3.05, 3.63) is 22.3 Å². The second kappa shape index (κ2) is 7.08. The third-order valence-electron chi connectivity index (χ3n) is 2.84. The van der Waals surface area contributed by atoms with Crippen LogP contribution in [0.1, 0.15) is 6.42 Å². The Bertz CT molecular complexity index is 487. The first kappa shape index (κ1) is 15.3. The molecular weight excluding hydrogens is 305 g/mol. The van der Waals surface area contributed by atoms with Gasteiger partial charge in [0.15, 0.2) is 0 Å². The summed E-state index contributed by atoms with van der Waals surface area (Å²) in [6, 6.07) is 1.19. The lowest BCUT2D eigenvalue weighted by atomic mass is 10.2. The zero-order chi connectivity index (χ0) is 14.5. The summed E-state index contributed by atoms with van der Waals surface area (Å²) in [7, 11) is 0. The summed E-state index contributed by atoms with van der Waals surface area (Å²) in [5.74, 6) is 0.125. The molecule has 0 aromatic carbocycles. The van der Waals surface area contributed by atoms with Gasteiger partial charge in [0.25, 0.3) is 0 Å². The van der Waals surface area contributed by atoms with E-state index in [1.807, 2.05) is 0 Å². The summed E-state index contributed by atoms with van der Waals surface area (Å²) < 4.78 is 5.34. The molecule has 0 saturated carbocycles. The lowest BCUT2D eigenvalue weighted by Crippen LogP contribution is -2.41. The van der Waals surface area contributed by atoms with Crippen LogP contribution in [-0.2, 0) is 4.79 Å². The predicted octanol–water partition coefficient (Wildman–Crippen LogP) is 0.606. The number of amides is 1. The first-order valence-electron chi connectivity index (χ1n) is 6.19. The summed E-state index contributed by atoms with van der Waals surface area (Å²) in [4.78, 5) is 15.7. The summed E-state index contributed by atoms with van der Waals surface area (Å²) in [6.45, 7) is 1.02. The molecule has 2 unspecified atom stereocenters. The molecule has 0 spiro atoms. The van der Waals surface area contributed by atoms with Crippen LogP contribution in [0.25, 0.3) is 0 Å². The Hall–Kier alpha value is -1.08. The first-order chi connectivity index (χ1) is 9.56. The van der Waals surface area contributed by atoms with E-state index in [4.69, 9.17) is 27.9 Å². The van der Waals surface area contributed by atoms with Crippen molar-refractivity contribution < 1.29 is 14.6 Å². The van der Waals surface area contributed by atoms with E-state index in [2.05, 4.69) is 15.6 Å². The largest absolute Gasteiger partial charge is 0.475 e. The van der Waals surface area contributed by atoms with Crippen molar-refractivity contribution in [3.63, 3.8) is 0 Å². The second-order valence-corrected chi connectivity index (χ2v) is 5.27. The molecule has 2 rings (SSSR count). The van der Waals surface area contributed by atoms with Gasteiger partial charge in [-0.2, -0.15) is 0 Å². The number of carbonyl (C=O) groups is 1. The predicted molar refractivity (Wildman–Crippen MR) is 75.2 cm³/mol. The fraction of sp³-hybridized carbons (Fsp3) is 0.500. The van der Waals surface area contributed by atoms with Gasteiger partial charge < -0.3 is 20.5 Å². The number of nitrogens with zero attached hydrogens (tertiary/aromatic N) is 1. The number of aliphatic hydroxyl groups is 1. The maximum atomic E-state index is 11.7. The van der Waals surface area contributed by atoms with Crippen molar-refractivity contribution in [3.8, 4) is 5.88 Å². The standard InChI is InChI=1S/C12H15Cl2N3O3/c13-7-3-9(14)12(17-5-7)20-2-1-15-11(19)10-4-8(18)6-16-10/h3,5,8,10,16,18H,1-2,4,6H2,(H,15,19). The summed E-state index contributed by atoms with van der Waals surface area (Å²) in [5, 5.41) is 15.7. The van der Waals surface area contributed by atoms with E-state index in [1.165, 1.54) is 12.3 Å². The lowest BCUT2D eigenvalue weighted by Gasteiger charge is -2.11. The quantitative estimate of drug-likeness (QED) is 0.692. The highest BCUT2D eigenvalue weighted by molar-refractivity contribution is 6.35. The minimum atomic E-state index is -0.459. The average molecular weight is 320 g/mol. The van der Waals surface area contributed by atoms with E-state index in [0.29, 0.717) is 29.6 Å².